The van der Waals surface area contributed by atoms with Gasteiger partial charge in [0.1, 0.15) is 11.4 Å². The molecule has 0 aliphatic heterocycles. The predicted molar refractivity (Wildman–Crippen MR) is 181 cm³/mol. The number of nitrogens with zero attached hydrogens (tertiary/aromatic N) is 5. The minimum Gasteiger partial charge on any atom is -0.358 e. The largest absolute Gasteiger partial charge is 0.358 e. The van der Waals surface area contributed by atoms with E-state index in [1.807, 2.05) is 78.5 Å². The first-order valence-electron chi connectivity index (χ1n) is 15.0. The van der Waals surface area contributed by atoms with Crippen molar-refractivity contribution in [2.24, 2.45) is 5.41 Å². The zero-order chi connectivity index (χ0) is 31.6. The molecule has 0 saturated heterocycles. The Labute approximate surface area is 259 Å². The van der Waals surface area contributed by atoms with E-state index in [4.69, 9.17) is 0 Å². The van der Waals surface area contributed by atoms with Crippen LogP contribution in [0.25, 0.3) is 27.6 Å². The average Bonchev–Trinajstić information content (AvgIpc) is 3.23. The highest BCUT2D eigenvalue weighted by atomic mass is 16.2. The Morgan fingerprint density at radius 3 is 2.23 bits per heavy atom. The van der Waals surface area contributed by atoms with E-state index in [-0.39, 0.29) is 16.5 Å². The molecule has 1 N–H and O–H groups in total. The molecule has 44 heavy (non-hydrogen) atoms. The molecule has 0 spiro atoms. The van der Waals surface area contributed by atoms with Crippen molar-refractivity contribution in [1.29, 1.82) is 0 Å². The summed E-state index contributed by atoms with van der Waals surface area (Å²) in [5.41, 5.74) is 3.82. The summed E-state index contributed by atoms with van der Waals surface area (Å²) in [6.45, 7) is 10.6. The maximum atomic E-state index is 13.7. The summed E-state index contributed by atoms with van der Waals surface area (Å²) in [6, 6.07) is 25.5. The van der Waals surface area contributed by atoms with Gasteiger partial charge in [-0.05, 0) is 73.3 Å². The van der Waals surface area contributed by atoms with Gasteiger partial charge in [0.25, 0.3) is 11.5 Å². The van der Waals surface area contributed by atoms with E-state index in [0.29, 0.717) is 17.9 Å². The Bertz CT molecular complexity index is 1830. The number of aromatic nitrogens is 3. The first kappa shape index (κ1) is 30.8. The molecule has 0 aliphatic rings. The molecule has 8 nitrogen and oxygen atoms in total. The second-order valence-electron chi connectivity index (χ2n) is 12.8. The summed E-state index contributed by atoms with van der Waals surface area (Å²) in [4.78, 5) is 36.3. The lowest BCUT2D eigenvalue weighted by atomic mass is 9.97. The van der Waals surface area contributed by atoms with Crippen LogP contribution in [0.1, 0.15) is 36.8 Å². The molecule has 5 aromatic rings. The van der Waals surface area contributed by atoms with Crippen molar-refractivity contribution in [3.05, 3.63) is 107 Å². The molecule has 8 heteroatoms. The monoisotopic (exact) mass is 590 g/mol. The number of anilines is 2. The minimum absolute atomic E-state index is 0.101. The van der Waals surface area contributed by atoms with E-state index in [0.717, 1.165) is 46.5 Å². The second-order valence-corrected chi connectivity index (χ2v) is 12.8. The number of amides is 1. The lowest BCUT2D eigenvalue weighted by molar-refractivity contribution is 0.102. The average molecular weight is 591 g/mol. The fourth-order valence-electron chi connectivity index (χ4n) is 5.51. The van der Waals surface area contributed by atoms with Crippen LogP contribution in [0.15, 0.2) is 89.9 Å². The fourth-order valence-corrected chi connectivity index (χ4v) is 5.51. The summed E-state index contributed by atoms with van der Waals surface area (Å²) >= 11 is 0. The van der Waals surface area contributed by atoms with Crippen LogP contribution in [0.3, 0.4) is 0 Å². The Morgan fingerprint density at radius 2 is 1.57 bits per heavy atom. The normalized spacial score (nSPS) is 11.7. The topological polar surface area (TPSA) is 75.4 Å². The molecule has 1 amide bonds. The molecule has 0 bridgehead atoms. The molecular formula is C36H42N6O2. The molecule has 228 valence electrons. The van der Waals surface area contributed by atoms with Crippen LogP contribution in [-0.2, 0) is 6.54 Å². The first-order valence-corrected chi connectivity index (χ1v) is 15.0. The van der Waals surface area contributed by atoms with Crippen molar-refractivity contribution in [1.82, 2.24) is 19.2 Å². The highest BCUT2D eigenvalue weighted by Gasteiger charge is 2.26. The summed E-state index contributed by atoms with van der Waals surface area (Å²) in [7, 11) is 6.21. The van der Waals surface area contributed by atoms with Crippen molar-refractivity contribution in [2.75, 3.05) is 44.4 Å². The Kier molecular flexibility index (Phi) is 8.74. The van der Waals surface area contributed by atoms with E-state index in [2.05, 4.69) is 80.2 Å². The lowest BCUT2D eigenvalue weighted by Crippen LogP contribution is -2.29. The summed E-state index contributed by atoms with van der Waals surface area (Å²) in [6.07, 6.45) is 1.86. The van der Waals surface area contributed by atoms with Gasteiger partial charge >= 0.3 is 0 Å². The number of hydrogen-bond acceptors (Lipinski definition) is 5. The van der Waals surface area contributed by atoms with Crippen LogP contribution in [0, 0.1) is 12.3 Å². The van der Waals surface area contributed by atoms with Gasteiger partial charge < -0.3 is 15.1 Å². The molecule has 2 heterocycles. The van der Waals surface area contributed by atoms with E-state index >= 15 is 0 Å². The van der Waals surface area contributed by atoms with Crippen molar-refractivity contribution in [3.8, 4) is 16.8 Å². The minimum atomic E-state index is -0.417. The van der Waals surface area contributed by atoms with Gasteiger partial charge in [-0.3, -0.25) is 14.3 Å². The molecule has 5 rings (SSSR count). The van der Waals surface area contributed by atoms with Crippen molar-refractivity contribution in [2.45, 2.75) is 34.2 Å². The quantitative estimate of drug-likeness (QED) is 0.213. The van der Waals surface area contributed by atoms with Crippen LogP contribution < -0.4 is 15.8 Å². The number of hydrogen-bond donors (Lipinski definition) is 1. The van der Waals surface area contributed by atoms with Crippen molar-refractivity contribution >= 4 is 28.2 Å². The number of rotatable bonds is 9. The smallest absolute Gasteiger partial charge is 0.284 e. The van der Waals surface area contributed by atoms with Gasteiger partial charge in [0.05, 0.1) is 11.4 Å². The molecule has 3 aromatic carbocycles. The standard InChI is InChI=1S/C36H42N6O2/c1-25-32(35(44)42(28-12-9-8-10-13-28)41(25)24-36(2,3)4)34(43)38-27-18-16-26(17-19-27)29-14-11-15-31-30(29)20-21-37-33(31)40(7)23-22-39(5)6/h8-21H,22-24H2,1-7H3,(H,38,43). The highest BCUT2D eigenvalue weighted by molar-refractivity contribution is 6.05. The van der Waals surface area contributed by atoms with Gasteiger partial charge in [-0.1, -0.05) is 69.3 Å². The van der Waals surface area contributed by atoms with E-state index < -0.39 is 5.91 Å². The van der Waals surface area contributed by atoms with Crippen molar-refractivity contribution < 1.29 is 4.79 Å². The van der Waals surface area contributed by atoms with E-state index in [9.17, 15) is 9.59 Å². The molecule has 0 atom stereocenters. The zero-order valence-corrected chi connectivity index (χ0v) is 26.8. The number of nitrogens with one attached hydrogen (secondary N) is 1. The fraction of sp³-hybridized carbons (Fsp3) is 0.306. The predicted octanol–water partition coefficient (Wildman–Crippen LogP) is 6.46. The Morgan fingerprint density at radius 1 is 0.864 bits per heavy atom. The third kappa shape index (κ3) is 6.45. The molecular weight excluding hydrogens is 548 g/mol. The van der Waals surface area contributed by atoms with Crippen LogP contribution in [0.5, 0.6) is 0 Å². The van der Waals surface area contributed by atoms with Gasteiger partial charge in [0.15, 0.2) is 0 Å². The SMILES string of the molecule is Cc1c(C(=O)Nc2ccc(-c3cccc4c(N(C)CCN(C)C)nccc34)cc2)c(=O)n(-c2ccccc2)n1CC(C)(C)C. The third-order valence-corrected chi connectivity index (χ3v) is 7.73. The lowest BCUT2D eigenvalue weighted by Gasteiger charge is -2.23. The Hall–Kier alpha value is -4.69. The highest BCUT2D eigenvalue weighted by Crippen LogP contribution is 2.33. The third-order valence-electron chi connectivity index (χ3n) is 7.73. The number of fused-ring (bicyclic) bond motifs is 1. The number of benzene rings is 3. The summed E-state index contributed by atoms with van der Waals surface area (Å²) < 4.78 is 3.53. The van der Waals surface area contributed by atoms with Crippen LogP contribution in [0.4, 0.5) is 11.5 Å². The molecule has 0 unspecified atom stereocenters. The van der Waals surface area contributed by atoms with E-state index in [1.165, 1.54) is 0 Å². The molecule has 0 aliphatic carbocycles. The van der Waals surface area contributed by atoms with Gasteiger partial charge in [0.2, 0.25) is 0 Å². The second kappa shape index (κ2) is 12.5. The summed E-state index contributed by atoms with van der Waals surface area (Å²) in [5.74, 6) is 0.532. The molecule has 0 fully saturated rings. The molecule has 0 radical (unpaired) electrons. The molecule has 2 aromatic heterocycles. The van der Waals surface area contributed by atoms with Gasteiger partial charge in [-0.25, -0.2) is 9.67 Å². The first-order chi connectivity index (χ1) is 20.9. The van der Waals surface area contributed by atoms with Crippen LogP contribution in [-0.4, -0.2) is 59.4 Å². The Balaban J connectivity index is 1.44. The maximum Gasteiger partial charge on any atom is 0.284 e. The zero-order valence-electron chi connectivity index (χ0n) is 26.8. The van der Waals surface area contributed by atoms with E-state index in [1.54, 1.807) is 4.68 Å². The molecule has 0 saturated carbocycles. The number of para-hydroxylation sites is 1. The van der Waals surface area contributed by atoms with Gasteiger partial charge in [-0.15, -0.1) is 0 Å². The summed E-state index contributed by atoms with van der Waals surface area (Å²) in [5, 5.41) is 5.18. The number of likely N-dealkylation sites (N-methyl/N-ethyl adjacent to an activating group) is 2. The van der Waals surface area contributed by atoms with Gasteiger partial charge in [-0.2, -0.15) is 0 Å². The number of carbonyl (C=O) groups excluding carboxylic acids is 1. The number of carbonyl (C=O) groups is 1. The van der Waals surface area contributed by atoms with Gasteiger partial charge in [0, 0.05) is 44.0 Å². The maximum absolute atomic E-state index is 13.7. The number of pyridine rings is 1. The van der Waals surface area contributed by atoms with Crippen LogP contribution in [0.2, 0.25) is 0 Å². The van der Waals surface area contributed by atoms with Crippen LogP contribution >= 0.6 is 0 Å². The van der Waals surface area contributed by atoms with Crippen molar-refractivity contribution in [3.63, 3.8) is 0 Å².